The predicted octanol–water partition coefficient (Wildman–Crippen LogP) is 1.84. The predicted molar refractivity (Wildman–Crippen MR) is 82.2 cm³/mol. The lowest BCUT2D eigenvalue weighted by molar-refractivity contribution is -0.122. The van der Waals surface area contributed by atoms with Crippen molar-refractivity contribution in [2.24, 2.45) is 5.73 Å². The molecule has 5 nitrogen and oxygen atoms in total. The molecule has 0 aromatic heterocycles. The largest absolute Gasteiger partial charge is 0.508 e. The summed E-state index contributed by atoms with van der Waals surface area (Å²) in [7, 11) is 0. The molecular weight excluding hydrogens is 292 g/mol. The lowest BCUT2D eigenvalue weighted by Crippen LogP contribution is -2.33. The van der Waals surface area contributed by atoms with Gasteiger partial charge >= 0.3 is 0 Å². The zero-order valence-electron chi connectivity index (χ0n) is 11.2. The number of phenolic OH excluding ortho intramolecular Hbond substituents is 2. The molecule has 0 radical (unpaired) electrons. The van der Waals surface area contributed by atoms with E-state index in [0.29, 0.717) is 12.1 Å². The van der Waals surface area contributed by atoms with Crippen LogP contribution in [-0.4, -0.2) is 16.1 Å². The molecule has 1 amide bonds. The molecule has 0 aliphatic heterocycles. The Morgan fingerprint density at radius 2 is 1.48 bits per heavy atom. The third-order valence-electron chi connectivity index (χ3n) is 2.94. The fourth-order valence-corrected chi connectivity index (χ4v) is 1.75. The first-order chi connectivity index (χ1) is 9.56. The number of aromatic hydroxyl groups is 2. The Hall–Kier alpha value is -2.24. The summed E-state index contributed by atoms with van der Waals surface area (Å²) in [6.07, 6.45) is 0. The van der Waals surface area contributed by atoms with Gasteiger partial charge in [-0.3, -0.25) is 4.79 Å². The lowest BCUT2D eigenvalue weighted by Gasteiger charge is -2.12. The quantitative estimate of drug-likeness (QED) is 0.693. The maximum Gasteiger partial charge on any atom is 0.241 e. The van der Waals surface area contributed by atoms with Crippen molar-refractivity contribution in [2.45, 2.75) is 12.6 Å². The molecule has 112 valence electrons. The average molecular weight is 309 g/mol. The van der Waals surface area contributed by atoms with Gasteiger partial charge in [-0.05, 0) is 35.4 Å². The van der Waals surface area contributed by atoms with Crippen LogP contribution >= 0.6 is 12.4 Å². The van der Waals surface area contributed by atoms with Crippen LogP contribution in [0.3, 0.4) is 0 Å². The van der Waals surface area contributed by atoms with Crippen LogP contribution in [0.5, 0.6) is 11.5 Å². The molecular formula is C15H17ClN2O3. The maximum absolute atomic E-state index is 11.9. The van der Waals surface area contributed by atoms with E-state index in [2.05, 4.69) is 5.32 Å². The summed E-state index contributed by atoms with van der Waals surface area (Å²) in [6, 6.07) is 12.0. The number of amides is 1. The first-order valence-electron chi connectivity index (χ1n) is 6.16. The van der Waals surface area contributed by atoms with Crippen molar-refractivity contribution in [1.29, 1.82) is 0 Å². The Morgan fingerprint density at radius 1 is 1.00 bits per heavy atom. The highest BCUT2D eigenvalue weighted by Crippen LogP contribution is 2.15. The summed E-state index contributed by atoms with van der Waals surface area (Å²) in [5.41, 5.74) is 7.34. The third-order valence-corrected chi connectivity index (χ3v) is 2.94. The number of carbonyl (C=O) groups excluding carboxylic acids is 1. The Balaban J connectivity index is 0.00000220. The summed E-state index contributed by atoms with van der Waals surface area (Å²) >= 11 is 0. The maximum atomic E-state index is 11.9. The number of nitrogens with two attached hydrogens (primary N) is 1. The monoisotopic (exact) mass is 308 g/mol. The van der Waals surface area contributed by atoms with Crippen LogP contribution in [0.25, 0.3) is 0 Å². The molecule has 0 spiro atoms. The topological polar surface area (TPSA) is 95.6 Å². The van der Waals surface area contributed by atoms with Crippen molar-refractivity contribution in [3.8, 4) is 11.5 Å². The van der Waals surface area contributed by atoms with Crippen LogP contribution in [0, 0.1) is 0 Å². The summed E-state index contributed by atoms with van der Waals surface area (Å²) < 4.78 is 0. The van der Waals surface area contributed by atoms with Gasteiger partial charge in [0.15, 0.2) is 0 Å². The van der Waals surface area contributed by atoms with Crippen molar-refractivity contribution < 1.29 is 15.0 Å². The first kappa shape index (κ1) is 16.8. The summed E-state index contributed by atoms with van der Waals surface area (Å²) in [5, 5.41) is 21.1. The van der Waals surface area contributed by atoms with E-state index in [-0.39, 0.29) is 29.8 Å². The van der Waals surface area contributed by atoms with E-state index < -0.39 is 6.04 Å². The van der Waals surface area contributed by atoms with Gasteiger partial charge in [-0.25, -0.2) is 0 Å². The average Bonchev–Trinajstić information content (AvgIpc) is 2.46. The molecule has 0 saturated carbocycles. The summed E-state index contributed by atoms with van der Waals surface area (Å²) in [6.45, 7) is 0.338. The highest BCUT2D eigenvalue weighted by Gasteiger charge is 2.15. The molecule has 2 aromatic carbocycles. The Bertz CT molecular complexity index is 585. The minimum absolute atomic E-state index is 0. The standard InChI is InChI=1S/C15H16N2O3.ClH/c16-14(11-3-7-13(19)8-4-11)15(20)17-9-10-1-5-12(18)6-2-10;/h1-8,14,18-19H,9,16H2,(H,17,20);1H. The fourth-order valence-electron chi connectivity index (χ4n) is 1.75. The van der Waals surface area contributed by atoms with Gasteiger partial charge in [-0.1, -0.05) is 24.3 Å². The molecule has 0 fully saturated rings. The van der Waals surface area contributed by atoms with Crippen molar-refractivity contribution >= 4 is 18.3 Å². The van der Waals surface area contributed by atoms with E-state index in [1.807, 2.05) is 0 Å². The second-order valence-corrected chi connectivity index (χ2v) is 4.45. The van der Waals surface area contributed by atoms with E-state index >= 15 is 0 Å². The molecule has 1 unspecified atom stereocenters. The number of hydrogen-bond acceptors (Lipinski definition) is 4. The van der Waals surface area contributed by atoms with Crippen molar-refractivity contribution in [3.63, 3.8) is 0 Å². The highest BCUT2D eigenvalue weighted by atomic mass is 35.5. The molecule has 0 aliphatic rings. The number of rotatable bonds is 4. The number of halogens is 1. The zero-order chi connectivity index (χ0) is 14.5. The van der Waals surface area contributed by atoms with Gasteiger partial charge in [-0.2, -0.15) is 0 Å². The second-order valence-electron chi connectivity index (χ2n) is 4.45. The van der Waals surface area contributed by atoms with Gasteiger partial charge in [0.1, 0.15) is 17.5 Å². The Labute approximate surface area is 128 Å². The van der Waals surface area contributed by atoms with Gasteiger partial charge in [0, 0.05) is 6.54 Å². The van der Waals surface area contributed by atoms with E-state index in [4.69, 9.17) is 10.8 Å². The molecule has 0 bridgehead atoms. The molecule has 6 heteroatoms. The second kappa shape index (κ2) is 7.52. The van der Waals surface area contributed by atoms with Crippen LogP contribution < -0.4 is 11.1 Å². The van der Waals surface area contributed by atoms with E-state index in [9.17, 15) is 9.90 Å². The summed E-state index contributed by atoms with van der Waals surface area (Å²) in [5.74, 6) is 0.00934. The van der Waals surface area contributed by atoms with E-state index in [1.54, 1.807) is 36.4 Å². The molecule has 1 atom stereocenters. The SMILES string of the molecule is Cl.NC(C(=O)NCc1ccc(O)cc1)c1ccc(O)cc1. The van der Waals surface area contributed by atoms with E-state index in [1.165, 1.54) is 12.1 Å². The number of hydrogen-bond donors (Lipinski definition) is 4. The van der Waals surface area contributed by atoms with Gasteiger partial charge < -0.3 is 21.3 Å². The van der Waals surface area contributed by atoms with Crippen LogP contribution in [0.15, 0.2) is 48.5 Å². The van der Waals surface area contributed by atoms with Crippen LogP contribution in [0.1, 0.15) is 17.2 Å². The lowest BCUT2D eigenvalue weighted by atomic mass is 10.1. The number of nitrogens with one attached hydrogen (secondary N) is 1. The number of phenols is 2. The molecule has 2 aromatic rings. The molecule has 21 heavy (non-hydrogen) atoms. The summed E-state index contributed by atoms with van der Waals surface area (Å²) in [4.78, 5) is 11.9. The molecule has 0 aliphatic carbocycles. The first-order valence-corrected chi connectivity index (χ1v) is 6.16. The fraction of sp³-hybridized carbons (Fsp3) is 0.133. The smallest absolute Gasteiger partial charge is 0.241 e. The van der Waals surface area contributed by atoms with Crippen LogP contribution in [-0.2, 0) is 11.3 Å². The Morgan fingerprint density at radius 3 is 2.00 bits per heavy atom. The minimum atomic E-state index is -0.785. The van der Waals surface area contributed by atoms with Gasteiger partial charge in [0.2, 0.25) is 5.91 Å². The van der Waals surface area contributed by atoms with E-state index in [0.717, 1.165) is 5.56 Å². The van der Waals surface area contributed by atoms with Gasteiger partial charge in [-0.15, -0.1) is 12.4 Å². The van der Waals surface area contributed by atoms with Crippen molar-refractivity contribution in [1.82, 2.24) is 5.32 Å². The zero-order valence-corrected chi connectivity index (χ0v) is 12.0. The molecule has 2 rings (SSSR count). The van der Waals surface area contributed by atoms with Gasteiger partial charge in [0.05, 0.1) is 0 Å². The Kier molecular flexibility index (Phi) is 6.02. The van der Waals surface area contributed by atoms with Crippen LogP contribution in [0.2, 0.25) is 0 Å². The molecule has 0 saturated heterocycles. The molecule has 0 heterocycles. The normalized spacial score (nSPS) is 11.3. The van der Waals surface area contributed by atoms with Gasteiger partial charge in [0.25, 0.3) is 0 Å². The van der Waals surface area contributed by atoms with Crippen molar-refractivity contribution in [3.05, 3.63) is 59.7 Å². The molecule has 5 N–H and O–H groups in total. The highest BCUT2D eigenvalue weighted by molar-refractivity contribution is 5.85. The number of carbonyl (C=O) groups is 1. The van der Waals surface area contributed by atoms with Crippen molar-refractivity contribution in [2.75, 3.05) is 0 Å². The third kappa shape index (κ3) is 4.66. The van der Waals surface area contributed by atoms with Crippen LogP contribution in [0.4, 0.5) is 0 Å². The minimum Gasteiger partial charge on any atom is -0.508 e. The number of benzene rings is 2.